The second-order valence-electron chi connectivity index (χ2n) is 6.37. The van der Waals surface area contributed by atoms with Crippen LogP contribution in [-0.2, 0) is 16.0 Å². The Balaban J connectivity index is 1.58. The molecule has 6 nitrogen and oxygen atoms in total. The van der Waals surface area contributed by atoms with Gasteiger partial charge >= 0.3 is 5.97 Å². The highest BCUT2D eigenvalue weighted by molar-refractivity contribution is 5.78. The van der Waals surface area contributed by atoms with Gasteiger partial charge in [0.1, 0.15) is 5.82 Å². The number of carbonyl (C=O) groups excluding carboxylic acids is 1. The van der Waals surface area contributed by atoms with Crippen LogP contribution in [0.5, 0.6) is 0 Å². The summed E-state index contributed by atoms with van der Waals surface area (Å²) in [6, 6.07) is 7.89. The number of aliphatic carboxylic acids is 1. The molecule has 1 fully saturated rings. The molecule has 0 spiro atoms. The number of aromatic nitrogens is 2. The molecule has 3 rings (SSSR count). The molecule has 1 aliphatic heterocycles. The molecule has 0 saturated carbocycles. The van der Waals surface area contributed by atoms with Gasteiger partial charge in [0.25, 0.3) is 0 Å². The van der Waals surface area contributed by atoms with Crippen LogP contribution in [0.1, 0.15) is 44.3 Å². The summed E-state index contributed by atoms with van der Waals surface area (Å²) in [6.07, 6.45) is 4.63. The van der Waals surface area contributed by atoms with Crippen LogP contribution in [0, 0.1) is 0 Å². The highest BCUT2D eigenvalue weighted by atomic mass is 16.4. The van der Waals surface area contributed by atoms with Crippen molar-refractivity contribution in [3.8, 4) is 0 Å². The number of aryl methyl sites for hydroxylation is 1. The Labute approximate surface area is 140 Å². The van der Waals surface area contributed by atoms with Crippen molar-refractivity contribution in [1.29, 1.82) is 0 Å². The Morgan fingerprint density at radius 3 is 2.88 bits per heavy atom. The summed E-state index contributed by atoms with van der Waals surface area (Å²) in [5.74, 6) is 0.129. The number of fused-ring (bicyclic) bond motifs is 1. The highest BCUT2D eigenvalue weighted by Gasteiger charge is 2.26. The molecule has 2 N–H and O–H groups in total. The summed E-state index contributed by atoms with van der Waals surface area (Å²) in [5, 5.41) is 8.87. The quantitative estimate of drug-likeness (QED) is 0.853. The summed E-state index contributed by atoms with van der Waals surface area (Å²) < 4.78 is 0. The molecule has 0 radical (unpaired) electrons. The van der Waals surface area contributed by atoms with Crippen LogP contribution >= 0.6 is 0 Å². The normalized spacial score (nSPS) is 18.0. The summed E-state index contributed by atoms with van der Waals surface area (Å²) >= 11 is 0. The molecule has 0 bridgehead atoms. The summed E-state index contributed by atoms with van der Waals surface area (Å²) in [6.45, 7) is 0.739. The van der Waals surface area contributed by atoms with Crippen molar-refractivity contribution in [2.24, 2.45) is 0 Å². The molecule has 2 aromatic rings. The zero-order chi connectivity index (χ0) is 16.9. The Morgan fingerprint density at radius 2 is 2.08 bits per heavy atom. The molecule has 1 amide bonds. The minimum absolute atomic E-state index is 0.0676. The lowest BCUT2D eigenvalue weighted by Gasteiger charge is -2.35. The number of piperidine rings is 1. The summed E-state index contributed by atoms with van der Waals surface area (Å²) in [7, 11) is 0. The molecular weight excluding hydrogens is 306 g/mol. The molecule has 24 heavy (non-hydrogen) atoms. The van der Waals surface area contributed by atoms with Crippen molar-refractivity contribution < 1.29 is 14.7 Å². The number of carboxylic acids is 1. The number of carbonyl (C=O) groups is 2. The molecule has 1 aromatic carbocycles. The molecular formula is C18H23N3O3. The minimum atomic E-state index is -0.796. The van der Waals surface area contributed by atoms with Gasteiger partial charge in [-0.3, -0.25) is 9.59 Å². The number of H-pyrrole nitrogens is 1. The van der Waals surface area contributed by atoms with Gasteiger partial charge in [0.15, 0.2) is 0 Å². The van der Waals surface area contributed by atoms with Gasteiger partial charge in [0.2, 0.25) is 5.91 Å². The van der Waals surface area contributed by atoms with Crippen molar-refractivity contribution in [2.45, 2.75) is 51.0 Å². The van der Waals surface area contributed by atoms with Gasteiger partial charge < -0.3 is 15.0 Å². The third-order valence-electron chi connectivity index (χ3n) is 4.65. The van der Waals surface area contributed by atoms with Crippen LogP contribution in [0.15, 0.2) is 24.3 Å². The first kappa shape index (κ1) is 16.5. The molecule has 1 atom stereocenters. The number of rotatable bonds is 6. The predicted octanol–water partition coefficient (Wildman–Crippen LogP) is 2.74. The van der Waals surface area contributed by atoms with Crippen molar-refractivity contribution in [3.63, 3.8) is 0 Å². The van der Waals surface area contributed by atoms with Crippen molar-refractivity contribution in [1.82, 2.24) is 14.9 Å². The van der Waals surface area contributed by atoms with E-state index in [2.05, 4.69) is 9.97 Å². The standard InChI is InChI=1S/C18H23N3O3/c22-17(21-12-4-3-5-13(21)8-11-18(23)24)10-9-16-19-14-6-1-2-7-15(14)20-16/h1-2,6-7,13H,3-5,8-12H2,(H,19,20)(H,23,24). The number of nitrogens with one attached hydrogen (secondary N) is 1. The van der Waals surface area contributed by atoms with Crippen LogP contribution in [0.3, 0.4) is 0 Å². The van der Waals surface area contributed by atoms with E-state index in [1.807, 2.05) is 29.2 Å². The summed E-state index contributed by atoms with van der Waals surface area (Å²) in [4.78, 5) is 33.0. The number of aromatic amines is 1. The van der Waals surface area contributed by atoms with E-state index >= 15 is 0 Å². The lowest BCUT2D eigenvalue weighted by molar-refractivity contribution is -0.140. The van der Waals surface area contributed by atoms with Gasteiger partial charge in [-0.1, -0.05) is 12.1 Å². The second-order valence-corrected chi connectivity index (χ2v) is 6.37. The maximum absolute atomic E-state index is 12.6. The minimum Gasteiger partial charge on any atom is -0.481 e. The van der Waals surface area contributed by atoms with Crippen LogP contribution in [0.2, 0.25) is 0 Å². The number of hydrogen-bond acceptors (Lipinski definition) is 3. The average molecular weight is 329 g/mol. The van der Waals surface area contributed by atoms with Gasteiger partial charge in [0.05, 0.1) is 11.0 Å². The lowest BCUT2D eigenvalue weighted by atomic mass is 9.97. The van der Waals surface area contributed by atoms with Crippen molar-refractivity contribution in [2.75, 3.05) is 6.54 Å². The van der Waals surface area contributed by atoms with Crippen LogP contribution in [-0.4, -0.2) is 44.4 Å². The average Bonchev–Trinajstić information content (AvgIpc) is 3.01. The number of hydrogen-bond donors (Lipinski definition) is 2. The van der Waals surface area contributed by atoms with Gasteiger partial charge in [-0.05, 0) is 37.8 Å². The van der Waals surface area contributed by atoms with Crippen molar-refractivity contribution in [3.05, 3.63) is 30.1 Å². The van der Waals surface area contributed by atoms with Gasteiger partial charge in [0, 0.05) is 31.8 Å². The van der Waals surface area contributed by atoms with E-state index in [1.165, 1.54) is 0 Å². The number of likely N-dealkylation sites (tertiary alicyclic amines) is 1. The van der Waals surface area contributed by atoms with Gasteiger partial charge in [-0.25, -0.2) is 4.98 Å². The smallest absolute Gasteiger partial charge is 0.303 e. The number of nitrogens with zero attached hydrogens (tertiary/aromatic N) is 2. The zero-order valence-corrected chi connectivity index (χ0v) is 13.7. The number of carboxylic acid groups (broad SMARTS) is 1. The molecule has 128 valence electrons. The van der Waals surface area contributed by atoms with E-state index < -0.39 is 5.97 Å². The Kier molecular flexibility index (Phi) is 5.13. The van der Waals surface area contributed by atoms with E-state index in [0.717, 1.165) is 42.7 Å². The monoisotopic (exact) mass is 329 g/mol. The highest BCUT2D eigenvalue weighted by Crippen LogP contribution is 2.22. The van der Waals surface area contributed by atoms with Crippen LogP contribution < -0.4 is 0 Å². The third-order valence-corrected chi connectivity index (χ3v) is 4.65. The summed E-state index contributed by atoms with van der Waals surface area (Å²) in [5.41, 5.74) is 1.90. The zero-order valence-electron chi connectivity index (χ0n) is 13.7. The van der Waals surface area contributed by atoms with Gasteiger partial charge in [-0.2, -0.15) is 0 Å². The number of amides is 1. The Morgan fingerprint density at radius 1 is 1.25 bits per heavy atom. The number of benzene rings is 1. The topological polar surface area (TPSA) is 86.3 Å². The fourth-order valence-corrected chi connectivity index (χ4v) is 3.41. The maximum atomic E-state index is 12.6. The van der Waals surface area contributed by atoms with Crippen LogP contribution in [0.4, 0.5) is 0 Å². The molecule has 1 aliphatic rings. The Hall–Kier alpha value is -2.37. The Bertz CT molecular complexity index is 692. The van der Waals surface area contributed by atoms with E-state index in [0.29, 0.717) is 19.3 Å². The van der Waals surface area contributed by atoms with E-state index in [4.69, 9.17) is 5.11 Å². The fraction of sp³-hybridized carbons (Fsp3) is 0.500. The van der Waals surface area contributed by atoms with E-state index in [-0.39, 0.29) is 18.4 Å². The van der Waals surface area contributed by atoms with Gasteiger partial charge in [-0.15, -0.1) is 0 Å². The first-order chi connectivity index (χ1) is 11.6. The fourth-order valence-electron chi connectivity index (χ4n) is 3.41. The second kappa shape index (κ2) is 7.47. The first-order valence-electron chi connectivity index (χ1n) is 8.58. The van der Waals surface area contributed by atoms with E-state index in [1.54, 1.807) is 0 Å². The SMILES string of the molecule is O=C(O)CCC1CCCCN1C(=O)CCc1nc2ccccc2[nH]1. The molecule has 0 aliphatic carbocycles. The third kappa shape index (κ3) is 3.93. The first-order valence-corrected chi connectivity index (χ1v) is 8.58. The number of imidazole rings is 1. The molecule has 6 heteroatoms. The van der Waals surface area contributed by atoms with Crippen LogP contribution in [0.25, 0.3) is 11.0 Å². The molecule has 1 saturated heterocycles. The predicted molar refractivity (Wildman–Crippen MR) is 90.6 cm³/mol. The number of para-hydroxylation sites is 2. The van der Waals surface area contributed by atoms with Crippen molar-refractivity contribution >= 4 is 22.9 Å². The molecule has 2 heterocycles. The lowest BCUT2D eigenvalue weighted by Crippen LogP contribution is -2.44. The maximum Gasteiger partial charge on any atom is 0.303 e. The molecule has 1 aromatic heterocycles. The molecule has 1 unspecified atom stereocenters. The largest absolute Gasteiger partial charge is 0.481 e. The van der Waals surface area contributed by atoms with E-state index in [9.17, 15) is 9.59 Å².